The molecule has 1 aliphatic rings. The van der Waals surface area contributed by atoms with Gasteiger partial charge in [-0.25, -0.2) is 8.78 Å². The maximum absolute atomic E-state index is 13.7. The van der Waals surface area contributed by atoms with E-state index in [0.717, 1.165) is 11.1 Å². The normalized spacial score (nSPS) is 16.3. The molecule has 1 unspecified atom stereocenters. The van der Waals surface area contributed by atoms with Crippen LogP contribution in [0, 0.1) is 11.6 Å². The third-order valence-corrected chi connectivity index (χ3v) is 4.10. The average Bonchev–Trinajstić information content (AvgIpc) is 3.19. The lowest BCUT2D eigenvalue weighted by molar-refractivity contribution is 0.0617. The molecule has 2 heterocycles. The summed E-state index contributed by atoms with van der Waals surface area (Å²) in [7, 11) is 0. The molecular weight excluding hydrogens is 314 g/mol. The number of hydrogen-bond donors (Lipinski definition) is 0. The first kappa shape index (κ1) is 15.0. The Balaban J connectivity index is 1.50. The van der Waals surface area contributed by atoms with Crippen LogP contribution in [0.2, 0.25) is 0 Å². The van der Waals surface area contributed by atoms with Gasteiger partial charge in [0.1, 0.15) is 11.6 Å². The molecule has 0 radical (unpaired) electrons. The highest BCUT2D eigenvalue weighted by atomic mass is 19.1. The molecule has 0 bridgehead atoms. The smallest absolute Gasteiger partial charge is 0.221 e. The molecule has 1 atom stereocenters. The Hall–Kier alpha value is -2.60. The zero-order valence-corrected chi connectivity index (χ0v) is 12.7. The summed E-state index contributed by atoms with van der Waals surface area (Å²) in [5.74, 6) is -0.672. The van der Waals surface area contributed by atoms with E-state index in [4.69, 9.17) is 9.15 Å². The SMILES string of the molecule is Fc1cccc(F)c1Cc1nnc(CC2OCc3ccccc32)o1. The van der Waals surface area contributed by atoms with Crippen molar-refractivity contribution >= 4 is 0 Å². The maximum Gasteiger partial charge on any atom is 0.221 e. The van der Waals surface area contributed by atoms with Crippen molar-refractivity contribution in [1.29, 1.82) is 0 Å². The Morgan fingerprint density at radius 3 is 2.54 bits per heavy atom. The summed E-state index contributed by atoms with van der Waals surface area (Å²) in [4.78, 5) is 0. The van der Waals surface area contributed by atoms with Crippen LogP contribution in [0.15, 0.2) is 46.9 Å². The molecule has 6 heteroatoms. The van der Waals surface area contributed by atoms with Crippen molar-refractivity contribution in [3.8, 4) is 0 Å². The van der Waals surface area contributed by atoms with E-state index in [0.29, 0.717) is 18.9 Å². The predicted molar refractivity (Wildman–Crippen MR) is 81.1 cm³/mol. The van der Waals surface area contributed by atoms with Crippen LogP contribution in [0.1, 0.15) is 34.6 Å². The van der Waals surface area contributed by atoms with Crippen LogP contribution in [0.3, 0.4) is 0 Å². The average molecular weight is 328 g/mol. The van der Waals surface area contributed by atoms with Crippen LogP contribution in [-0.2, 0) is 24.2 Å². The van der Waals surface area contributed by atoms with Crippen LogP contribution in [0.5, 0.6) is 0 Å². The van der Waals surface area contributed by atoms with Crippen LogP contribution in [0.25, 0.3) is 0 Å². The van der Waals surface area contributed by atoms with E-state index in [-0.39, 0.29) is 24.0 Å². The Bertz CT molecular complexity index is 859. The quantitative estimate of drug-likeness (QED) is 0.732. The number of ether oxygens (including phenoxy) is 1. The fourth-order valence-corrected chi connectivity index (χ4v) is 2.88. The lowest BCUT2D eigenvalue weighted by Crippen LogP contribution is -2.01. The van der Waals surface area contributed by atoms with Crippen LogP contribution in [-0.4, -0.2) is 10.2 Å². The zero-order valence-electron chi connectivity index (χ0n) is 12.7. The van der Waals surface area contributed by atoms with Gasteiger partial charge in [0, 0.05) is 5.56 Å². The number of benzene rings is 2. The monoisotopic (exact) mass is 328 g/mol. The lowest BCUT2D eigenvalue weighted by atomic mass is 10.0. The van der Waals surface area contributed by atoms with Gasteiger partial charge >= 0.3 is 0 Å². The Labute approximate surface area is 137 Å². The molecule has 1 aliphatic heterocycles. The molecule has 0 aliphatic carbocycles. The van der Waals surface area contributed by atoms with E-state index < -0.39 is 11.6 Å². The number of halogens is 2. The Morgan fingerprint density at radius 2 is 1.71 bits per heavy atom. The second kappa shape index (κ2) is 6.13. The highest BCUT2D eigenvalue weighted by Gasteiger charge is 2.25. The summed E-state index contributed by atoms with van der Waals surface area (Å²) >= 11 is 0. The van der Waals surface area contributed by atoms with Crippen molar-refractivity contribution in [2.75, 3.05) is 0 Å². The number of hydrogen-bond acceptors (Lipinski definition) is 4. The molecule has 122 valence electrons. The van der Waals surface area contributed by atoms with Gasteiger partial charge in [-0.2, -0.15) is 0 Å². The van der Waals surface area contributed by atoms with Gasteiger partial charge in [-0.1, -0.05) is 30.3 Å². The molecule has 0 saturated heterocycles. The molecular formula is C18H14F2N2O2. The van der Waals surface area contributed by atoms with Gasteiger partial charge in [0.25, 0.3) is 0 Å². The standard InChI is InChI=1S/C18H14F2N2O2/c19-14-6-3-7-15(20)13(14)8-17-21-22-18(24-17)9-16-12-5-2-1-4-11(12)10-23-16/h1-7,16H,8-10H2. The van der Waals surface area contributed by atoms with E-state index in [1.807, 2.05) is 24.3 Å². The van der Waals surface area contributed by atoms with Crippen LogP contribution in [0.4, 0.5) is 8.78 Å². The lowest BCUT2D eigenvalue weighted by Gasteiger charge is -2.07. The van der Waals surface area contributed by atoms with Crippen LogP contribution >= 0.6 is 0 Å². The summed E-state index contributed by atoms with van der Waals surface area (Å²) in [6, 6.07) is 11.7. The summed E-state index contributed by atoms with van der Waals surface area (Å²) in [6.45, 7) is 0.558. The van der Waals surface area contributed by atoms with E-state index in [2.05, 4.69) is 10.2 Å². The summed E-state index contributed by atoms with van der Waals surface area (Å²) < 4.78 is 38.7. The van der Waals surface area contributed by atoms with Crippen molar-refractivity contribution in [2.24, 2.45) is 0 Å². The minimum atomic E-state index is -0.622. The fourth-order valence-electron chi connectivity index (χ4n) is 2.88. The highest BCUT2D eigenvalue weighted by molar-refractivity contribution is 5.31. The number of nitrogens with zero attached hydrogens (tertiary/aromatic N) is 2. The van der Waals surface area contributed by atoms with Crippen LogP contribution < -0.4 is 0 Å². The van der Waals surface area contributed by atoms with Gasteiger partial charge in [0.05, 0.1) is 25.6 Å². The summed E-state index contributed by atoms with van der Waals surface area (Å²) in [5, 5.41) is 7.85. The third kappa shape index (κ3) is 2.80. The van der Waals surface area contributed by atoms with E-state index in [9.17, 15) is 8.78 Å². The highest BCUT2D eigenvalue weighted by Crippen LogP contribution is 2.32. The second-order valence-corrected chi connectivity index (χ2v) is 5.67. The third-order valence-electron chi connectivity index (χ3n) is 4.10. The van der Waals surface area contributed by atoms with Gasteiger partial charge in [0.2, 0.25) is 11.8 Å². The van der Waals surface area contributed by atoms with E-state index in [1.54, 1.807) is 0 Å². The van der Waals surface area contributed by atoms with Crippen molar-refractivity contribution in [3.63, 3.8) is 0 Å². The fraction of sp³-hybridized carbons (Fsp3) is 0.222. The first-order valence-corrected chi connectivity index (χ1v) is 7.64. The number of aromatic nitrogens is 2. The molecule has 0 saturated carbocycles. The molecule has 2 aromatic carbocycles. The molecule has 0 spiro atoms. The Kier molecular flexibility index (Phi) is 3.82. The molecule has 0 N–H and O–H groups in total. The Morgan fingerprint density at radius 1 is 0.958 bits per heavy atom. The second-order valence-electron chi connectivity index (χ2n) is 5.67. The van der Waals surface area contributed by atoms with Crippen molar-refractivity contribution in [3.05, 3.63) is 82.6 Å². The summed E-state index contributed by atoms with van der Waals surface area (Å²) in [5.41, 5.74) is 2.18. The first-order chi connectivity index (χ1) is 11.7. The van der Waals surface area contributed by atoms with Gasteiger partial charge in [-0.15, -0.1) is 10.2 Å². The van der Waals surface area contributed by atoms with Crippen molar-refractivity contribution < 1.29 is 17.9 Å². The summed E-state index contributed by atoms with van der Waals surface area (Å²) in [6.07, 6.45) is 0.219. The molecule has 24 heavy (non-hydrogen) atoms. The number of rotatable bonds is 4. The minimum absolute atomic E-state index is 0.0739. The molecule has 3 aromatic rings. The van der Waals surface area contributed by atoms with Gasteiger partial charge in [0.15, 0.2) is 0 Å². The van der Waals surface area contributed by atoms with Gasteiger partial charge in [-0.05, 0) is 23.3 Å². The largest absolute Gasteiger partial charge is 0.425 e. The van der Waals surface area contributed by atoms with E-state index >= 15 is 0 Å². The zero-order chi connectivity index (χ0) is 16.5. The van der Waals surface area contributed by atoms with Crippen molar-refractivity contribution in [2.45, 2.75) is 25.6 Å². The van der Waals surface area contributed by atoms with E-state index in [1.165, 1.54) is 18.2 Å². The first-order valence-electron chi connectivity index (χ1n) is 7.64. The van der Waals surface area contributed by atoms with Gasteiger partial charge < -0.3 is 9.15 Å². The molecule has 4 nitrogen and oxygen atoms in total. The van der Waals surface area contributed by atoms with Crippen molar-refractivity contribution in [1.82, 2.24) is 10.2 Å². The molecule has 0 fully saturated rings. The maximum atomic E-state index is 13.7. The predicted octanol–water partition coefficient (Wildman–Crippen LogP) is 3.75. The minimum Gasteiger partial charge on any atom is -0.425 e. The molecule has 0 amide bonds. The van der Waals surface area contributed by atoms with Gasteiger partial charge in [-0.3, -0.25) is 0 Å². The molecule has 4 rings (SSSR count). The number of fused-ring (bicyclic) bond motifs is 1. The molecule has 1 aromatic heterocycles. The topological polar surface area (TPSA) is 48.2 Å².